The standard InChI is InChI=1S/C17H15FN2O2/c18-14-6-3-12(4-7-14)16-8-5-13(10-19)17(21)20(16)11-15-2-1-9-22-15/h3-8,15H,1-2,9,11H2. The first-order chi connectivity index (χ1) is 10.7. The zero-order valence-electron chi connectivity index (χ0n) is 12.0. The molecular weight excluding hydrogens is 283 g/mol. The second kappa shape index (κ2) is 6.12. The summed E-state index contributed by atoms with van der Waals surface area (Å²) in [7, 11) is 0. The molecule has 4 nitrogen and oxygen atoms in total. The molecule has 0 amide bonds. The van der Waals surface area contributed by atoms with Gasteiger partial charge in [0.2, 0.25) is 0 Å². The molecule has 1 aliphatic heterocycles. The minimum atomic E-state index is -0.333. The van der Waals surface area contributed by atoms with Gasteiger partial charge < -0.3 is 9.30 Å². The number of rotatable bonds is 3. The fraction of sp³-hybridized carbons (Fsp3) is 0.294. The van der Waals surface area contributed by atoms with Crippen LogP contribution < -0.4 is 5.56 Å². The van der Waals surface area contributed by atoms with E-state index in [1.54, 1.807) is 22.8 Å². The van der Waals surface area contributed by atoms with Gasteiger partial charge in [0.1, 0.15) is 17.4 Å². The van der Waals surface area contributed by atoms with E-state index < -0.39 is 0 Å². The first-order valence-corrected chi connectivity index (χ1v) is 7.20. The van der Waals surface area contributed by atoms with Gasteiger partial charge >= 0.3 is 0 Å². The highest BCUT2D eigenvalue weighted by atomic mass is 19.1. The number of nitrogens with zero attached hydrogens (tertiary/aromatic N) is 2. The Kier molecular flexibility index (Phi) is 4.03. The molecule has 2 heterocycles. The molecule has 0 spiro atoms. The highest BCUT2D eigenvalue weighted by Crippen LogP contribution is 2.21. The van der Waals surface area contributed by atoms with Crippen molar-refractivity contribution in [1.82, 2.24) is 4.57 Å². The highest BCUT2D eigenvalue weighted by molar-refractivity contribution is 5.60. The monoisotopic (exact) mass is 298 g/mol. The molecular formula is C17H15FN2O2. The Morgan fingerprint density at radius 1 is 1.27 bits per heavy atom. The maximum absolute atomic E-state index is 13.1. The van der Waals surface area contributed by atoms with Gasteiger partial charge in [-0.2, -0.15) is 5.26 Å². The second-order valence-electron chi connectivity index (χ2n) is 5.30. The average Bonchev–Trinajstić information content (AvgIpc) is 3.03. The number of halogens is 1. The highest BCUT2D eigenvalue weighted by Gasteiger charge is 2.19. The molecule has 1 aliphatic rings. The molecule has 1 saturated heterocycles. The largest absolute Gasteiger partial charge is 0.376 e. The van der Waals surface area contributed by atoms with Crippen molar-refractivity contribution < 1.29 is 9.13 Å². The van der Waals surface area contributed by atoms with E-state index in [0.717, 1.165) is 18.4 Å². The molecule has 22 heavy (non-hydrogen) atoms. The van der Waals surface area contributed by atoms with Gasteiger partial charge in [0.15, 0.2) is 0 Å². The average molecular weight is 298 g/mol. The molecule has 5 heteroatoms. The zero-order valence-corrected chi connectivity index (χ0v) is 12.0. The van der Waals surface area contributed by atoms with Gasteiger partial charge in [-0.15, -0.1) is 0 Å². The number of benzene rings is 1. The van der Waals surface area contributed by atoms with Crippen molar-refractivity contribution >= 4 is 0 Å². The fourth-order valence-electron chi connectivity index (χ4n) is 2.71. The molecule has 1 aromatic carbocycles. The predicted octanol–water partition coefficient (Wildman–Crippen LogP) is 2.71. The van der Waals surface area contributed by atoms with E-state index in [1.165, 1.54) is 18.2 Å². The van der Waals surface area contributed by atoms with Crippen molar-refractivity contribution in [2.75, 3.05) is 6.61 Å². The first kappa shape index (κ1) is 14.5. The number of pyridine rings is 1. The molecule has 0 aliphatic carbocycles. The Bertz CT molecular complexity index is 769. The van der Waals surface area contributed by atoms with Crippen molar-refractivity contribution in [2.24, 2.45) is 0 Å². The molecule has 112 valence electrons. The third-order valence-electron chi connectivity index (χ3n) is 3.84. The molecule has 2 aromatic rings. The summed E-state index contributed by atoms with van der Waals surface area (Å²) in [5.74, 6) is -0.328. The van der Waals surface area contributed by atoms with Crippen LogP contribution in [0.25, 0.3) is 11.3 Å². The number of ether oxygens (including phenoxy) is 1. The van der Waals surface area contributed by atoms with Crippen molar-refractivity contribution in [3.8, 4) is 17.3 Å². The Balaban J connectivity index is 2.08. The Hall–Kier alpha value is -2.45. The lowest BCUT2D eigenvalue weighted by molar-refractivity contribution is 0.0965. The van der Waals surface area contributed by atoms with Crippen molar-refractivity contribution in [2.45, 2.75) is 25.5 Å². The van der Waals surface area contributed by atoms with E-state index in [-0.39, 0.29) is 23.0 Å². The van der Waals surface area contributed by atoms with Crippen LogP contribution in [-0.2, 0) is 11.3 Å². The second-order valence-corrected chi connectivity index (χ2v) is 5.30. The summed E-state index contributed by atoms with van der Waals surface area (Å²) in [6, 6.07) is 11.1. The normalized spacial score (nSPS) is 17.4. The lowest BCUT2D eigenvalue weighted by Crippen LogP contribution is -2.29. The quantitative estimate of drug-likeness (QED) is 0.875. The number of aromatic nitrogens is 1. The molecule has 0 saturated carbocycles. The third-order valence-corrected chi connectivity index (χ3v) is 3.84. The van der Waals surface area contributed by atoms with E-state index in [9.17, 15) is 9.18 Å². The van der Waals surface area contributed by atoms with Gasteiger partial charge in [-0.1, -0.05) is 0 Å². The minimum Gasteiger partial charge on any atom is -0.376 e. The molecule has 1 fully saturated rings. The molecule has 1 atom stereocenters. The molecule has 0 N–H and O–H groups in total. The van der Waals surface area contributed by atoms with Crippen LogP contribution in [0.2, 0.25) is 0 Å². The van der Waals surface area contributed by atoms with E-state index in [4.69, 9.17) is 10.00 Å². The molecule has 3 rings (SSSR count). The zero-order chi connectivity index (χ0) is 15.5. The summed E-state index contributed by atoms with van der Waals surface area (Å²) in [6.07, 6.45) is 1.85. The molecule has 0 bridgehead atoms. The maximum Gasteiger partial charge on any atom is 0.269 e. The van der Waals surface area contributed by atoms with Crippen molar-refractivity contribution in [3.05, 3.63) is 58.1 Å². The Morgan fingerprint density at radius 3 is 2.68 bits per heavy atom. The fourth-order valence-corrected chi connectivity index (χ4v) is 2.71. The van der Waals surface area contributed by atoms with E-state index in [0.29, 0.717) is 18.8 Å². The number of nitriles is 1. The van der Waals surface area contributed by atoms with E-state index >= 15 is 0 Å². The lowest BCUT2D eigenvalue weighted by atomic mass is 10.1. The summed E-state index contributed by atoms with van der Waals surface area (Å²) in [6.45, 7) is 1.10. The summed E-state index contributed by atoms with van der Waals surface area (Å²) in [5.41, 5.74) is 1.17. The maximum atomic E-state index is 13.1. The van der Waals surface area contributed by atoms with Crippen LogP contribution in [0.3, 0.4) is 0 Å². The van der Waals surface area contributed by atoms with Gasteiger partial charge in [0, 0.05) is 6.61 Å². The molecule has 1 unspecified atom stereocenters. The summed E-state index contributed by atoms with van der Waals surface area (Å²) < 4.78 is 20.2. The molecule has 1 aromatic heterocycles. The van der Waals surface area contributed by atoms with Crippen LogP contribution in [0.15, 0.2) is 41.2 Å². The first-order valence-electron chi connectivity index (χ1n) is 7.20. The SMILES string of the molecule is N#Cc1ccc(-c2ccc(F)cc2)n(CC2CCCO2)c1=O. The van der Waals surface area contributed by atoms with Gasteiger partial charge in [-0.05, 0) is 54.8 Å². The van der Waals surface area contributed by atoms with Crippen LogP contribution in [0, 0.1) is 17.1 Å². The minimum absolute atomic E-state index is 0.0224. The predicted molar refractivity (Wildman–Crippen MR) is 79.8 cm³/mol. The van der Waals surface area contributed by atoms with Crippen molar-refractivity contribution in [3.63, 3.8) is 0 Å². The van der Waals surface area contributed by atoms with Crippen LogP contribution in [-0.4, -0.2) is 17.3 Å². The van der Waals surface area contributed by atoms with Gasteiger partial charge in [-0.3, -0.25) is 4.79 Å². The van der Waals surface area contributed by atoms with Crippen LogP contribution >= 0.6 is 0 Å². The van der Waals surface area contributed by atoms with Gasteiger partial charge in [0.25, 0.3) is 5.56 Å². The van der Waals surface area contributed by atoms with E-state index in [2.05, 4.69) is 0 Å². The Morgan fingerprint density at radius 2 is 2.05 bits per heavy atom. The summed E-state index contributed by atoms with van der Waals surface area (Å²) in [5, 5.41) is 9.06. The van der Waals surface area contributed by atoms with E-state index in [1.807, 2.05) is 6.07 Å². The van der Waals surface area contributed by atoms with Crippen LogP contribution in [0.1, 0.15) is 18.4 Å². The number of hydrogen-bond donors (Lipinski definition) is 0. The smallest absolute Gasteiger partial charge is 0.269 e. The molecule has 0 radical (unpaired) electrons. The number of hydrogen-bond acceptors (Lipinski definition) is 3. The third kappa shape index (κ3) is 2.78. The summed E-state index contributed by atoms with van der Waals surface area (Å²) in [4.78, 5) is 12.5. The van der Waals surface area contributed by atoms with Crippen LogP contribution in [0.4, 0.5) is 4.39 Å². The van der Waals surface area contributed by atoms with Crippen molar-refractivity contribution in [1.29, 1.82) is 5.26 Å². The van der Waals surface area contributed by atoms with Gasteiger partial charge in [0.05, 0.1) is 18.3 Å². The van der Waals surface area contributed by atoms with Gasteiger partial charge in [-0.25, -0.2) is 4.39 Å². The summed E-state index contributed by atoms with van der Waals surface area (Å²) >= 11 is 0. The lowest BCUT2D eigenvalue weighted by Gasteiger charge is -2.17. The van der Waals surface area contributed by atoms with Crippen LogP contribution in [0.5, 0.6) is 0 Å². The Labute approximate surface area is 127 Å². The topological polar surface area (TPSA) is 55.0 Å².